The third-order valence-electron chi connectivity index (χ3n) is 7.89. The first-order valence-electron chi connectivity index (χ1n) is 14.5. The van der Waals surface area contributed by atoms with E-state index < -0.39 is 30.2 Å². The van der Waals surface area contributed by atoms with Gasteiger partial charge < -0.3 is 37.5 Å². The topological polar surface area (TPSA) is 71.1 Å². The minimum Gasteiger partial charge on any atom is -0.449 e. The molecule has 1 heterocycles. The Bertz CT molecular complexity index is 1480. The Morgan fingerprint density at radius 2 is 1.50 bits per heavy atom. The molecule has 1 aliphatic carbocycles. The van der Waals surface area contributed by atoms with E-state index >= 15 is 0 Å². The van der Waals surface area contributed by atoms with Crippen LogP contribution in [-0.2, 0) is 16.0 Å². The van der Waals surface area contributed by atoms with Crippen LogP contribution in [0.5, 0.6) is 0 Å². The van der Waals surface area contributed by atoms with Crippen molar-refractivity contribution >= 4 is 30.3 Å². The first-order chi connectivity index (χ1) is 20.3. The van der Waals surface area contributed by atoms with Gasteiger partial charge in [-0.3, -0.25) is 0 Å². The molecule has 1 N–H and O–H groups in total. The third-order valence-corrected chi connectivity index (χ3v) is 7.89. The molecule has 0 aromatic heterocycles. The van der Waals surface area contributed by atoms with Crippen LogP contribution >= 0.6 is 0 Å². The van der Waals surface area contributed by atoms with Gasteiger partial charge in [0.1, 0.15) is 12.2 Å². The van der Waals surface area contributed by atoms with Gasteiger partial charge >= 0.3 is 70.5 Å². The van der Waals surface area contributed by atoms with Crippen molar-refractivity contribution in [1.29, 1.82) is 0 Å². The summed E-state index contributed by atoms with van der Waals surface area (Å²) in [7, 11) is 0. The molecule has 2 aliphatic rings. The molecule has 5 rings (SSSR count). The minimum atomic E-state index is -5.29. The molecule has 0 saturated carbocycles. The van der Waals surface area contributed by atoms with Crippen LogP contribution in [0.15, 0.2) is 60.7 Å². The van der Waals surface area contributed by atoms with Crippen molar-refractivity contribution in [2.75, 3.05) is 37.7 Å². The van der Waals surface area contributed by atoms with Crippen LogP contribution < -0.4 is 67.1 Å². The molecule has 2 amide bonds. The second kappa shape index (κ2) is 13.9. The van der Waals surface area contributed by atoms with Crippen LogP contribution in [0.2, 0.25) is 0 Å². The number of benzene rings is 3. The van der Waals surface area contributed by atoms with Gasteiger partial charge in [0.2, 0.25) is 0 Å². The van der Waals surface area contributed by atoms with E-state index in [9.17, 15) is 22.5 Å². The molecule has 1 saturated heterocycles. The number of alkyl carbamates (subject to hydrolysis) is 1. The number of fused-ring (bicyclic) bond motifs is 3. The van der Waals surface area contributed by atoms with Crippen LogP contribution in [0, 0.1) is 6.92 Å². The number of nitrogens with zero attached hydrogens (tertiary/aromatic N) is 2. The predicted octanol–water partition coefficient (Wildman–Crippen LogP) is 3.15. The molecule has 0 spiro atoms. The number of anilines is 1. The summed E-state index contributed by atoms with van der Waals surface area (Å²) in [6.07, 6.45) is -1.14. The zero-order valence-electron chi connectivity index (χ0n) is 25.8. The smallest absolute Gasteiger partial charge is 0.449 e. The van der Waals surface area contributed by atoms with E-state index in [1.165, 1.54) is 6.92 Å². The number of ether oxygens (including phenoxy) is 2. The maximum absolute atomic E-state index is 14.1. The molecule has 12 heteroatoms. The maximum Gasteiger partial charge on any atom is 1.00 e. The molecule has 3 aromatic rings. The largest absolute Gasteiger partial charge is 1.00 e. The summed E-state index contributed by atoms with van der Waals surface area (Å²) in [5.41, 5.74) is 3.90. The van der Waals surface area contributed by atoms with Gasteiger partial charge in [-0.1, -0.05) is 60.2 Å². The fourth-order valence-corrected chi connectivity index (χ4v) is 5.83. The standard InChI is InChI=1S/C32H36BF3N3O4.K/c1-21-28(33(34,35)36)17-22(18-29(21)38-13-15-39(16-14-38)31(41)43-32(2,3)4)19-37-30(40)42-20-27-25-11-7-5-9-23(25)24-10-6-8-12-26(24)27;/h5-12,17-18,27H,13-16,19-20H2,1-4H3,(H,37,40);/q-1;+1. The Balaban J connectivity index is 0.00000442. The van der Waals surface area contributed by atoms with Gasteiger partial charge in [-0.25, -0.2) is 9.59 Å². The monoisotopic (exact) mass is 633 g/mol. The van der Waals surface area contributed by atoms with Gasteiger partial charge in [0.25, 0.3) is 0 Å². The molecule has 0 bridgehead atoms. The summed E-state index contributed by atoms with van der Waals surface area (Å²) in [5, 5.41) is 2.63. The summed E-state index contributed by atoms with van der Waals surface area (Å²) in [6, 6.07) is 18.7. The van der Waals surface area contributed by atoms with Crippen LogP contribution in [-0.4, -0.2) is 62.5 Å². The number of carbonyl (C=O) groups is 2. The molecule has 1 aliphatic heterocycles. The van der Waals surface area contributed by atoms with Gasteiger partial charge in [-0.05, 0) is 61.6 Å². The first-order valence-corrected chi connectivity index (χ1v) is 14.5. The first kappa shape index (κ1) is 34.4. The molecule has 228 valence electrons. The fraction of sp³-hybridized carbons (Fsp3) is 0.375. The van der Waals surface area contributed by atoms with E-state index in [0.717, 1.165) is 28.3 Å². The van der Waals surface area contributed by atoms with Crippen molar-refractivity contribution < 1.29 is 83.4 Å². The maximum atomic E-state index is 14.1. The summed E-state index contributed by atoms with van der Waals surface area (Å²) < 4.78 is 53.3. The number of hydrogen-bond acceptors (Lipinski definition) is 5. The minimum absolute atomic E-state index is 0. The Hall–Kier alpha value is -2.51. The number of rotatable bonds is 6. The number of hydrogen-bond donors (Lipinski definition) is 1. The SMILES string of the molecule is Cc1c(N2CCN(C(=O)OC(C)(C)C)CC2)cc(CNC(=O)OCC2c3ccccc3-c3ccccc32)cc1[B-](F)(F)F.[K+]. The average molecular weight is 634 g/mol. The third kappa shape index (κ3) is 7.82. The van der Waals surface area contributed by atoms with Crippen molar-refractivity contribution in [2.24, 2.45) is 0 Å². The van der Waals surface area contributed by atoms with Gasteiger partial charge in [0.15, 0.2) is 0 Å². The van der Waals surface area contributed by atoms with E-state index in [0.29, 0.717) is 37.4 Å². The van der Waals surface area contributed by atoms with Gasteiger partial charge in [-0.15, -0.1) is 5.46 Å². The summed E-state index contributed by atoms with van der Waals surface area (Å²) in [5.74, 6) is -0.122. The predicted molar refractivity (Wildman–Crippen MR) is 162 cm³/mol. The van der Waals surface area contributed by atoms with Crippen molar-refractivity contribution in [3.63, 3.8) is 0 Å². The fourth-order valence-electron chi connectivity index (χ4n) is 5.83. The van der Waals surface area contributed by atoms with Crippen molar-refractivity contribution in [3.05, 3.63) is 82.9 Å². The van der Waals surface area contributed by atoms with Crippen molar-refractivity contribution in [3.8, 4) is 11.1 Å². The van der Waals surface area contributed by atoms with E-state index in [2.05, 4.69) is 5.32 Å². The van der Waals surface area contributed by atoms with E-state index in [4.69, 9.17) is 9.47 Å². The Morgan fingerprint density at radius 3 is 2.05 bits per heavy atom. The van der Waals surface area contributed by atoms with Crippen LogP contribution in [0.3, 0.4) is 0 Å². The molecule has 44 heavy (non-hydrogen) atoms. The van der Waals surface area contributed by atoms with Gasteiger partial charge in [0, 0.05) is 44.3 Å². The average Bonchev–Trinajstić information content (AvgIpc) is 3.27. The van der Waals surface area contributed by atoms with Gasteiger partial charge in [-0.2, -0.15) is 0 Å². The number of nitrogens with one attached hydrogen (secondary N) is 1. The van der Waals surface area contributed by atoms with Crippen LogP contribution in [0.4, 0.5) is 28.2 Å². The Morgan fingerprint density at radius 1 is 0.932 bits per heavy atom. The normalized spacial score (nSPS) is 14.8. The zero-order valence-corrected chi connectivity index (χ0v) is 29.0. The number of carbonyl (C=O) groups excluding carboxylic acids is 2. The Kier molecular flexibility index (Phi) is 10.8. The quantitative estimate of drug-likeness (QED) is 0.423. The zero-order chi connectivity index (χ0) is 30.9. The molecular weight excluding hydrogens is 597 g/mol. The second-order valence-corrected chi connectivity index (χ2v) is 12.0. The second-order valence-electron chi connectivity index (χ2n) is 12.0. The van der Waals surface area contributed by atoms with Crippen LogP contribution in [0.25, 0.3) is 11.1 Å². The molecule has 0 atom stereocenters. The molecular formula is C32H36BF3KN3O4. The van der Waals surface area contributed by atoms with Crippen LogP contribution in [0.1, 0.15) is 48.9 Å². The summed E-state index contributed by atoms with van der Waals surface area (Å²) >= 11 is 0. The molecule has 7 nitrogen and oxygen atoms in total. The van der Waals surface area contributed by atoms with E-state index in [1.54, 1.807) is 31.7 Å². The molecule has 0 radical (unpaired) electrons. The number of piperazine rings is 1. The molecule has 0 unspecified atom stereocenters. The van der Waals surface area contributed by atoms with Crippen molar-refractivity contribution in [2.45, 2.75) is 45.8 Å². The number of amides is 2. The summed E-state index contributed by atoms with van der Waals surface area (Å²) in [4.78, 5) is 28.6. The Labute approximate surface area is 298 Å². The number of halogens is 3. The molecule has 3 aromatic carbocycles. The van der Waals surface area contributed by atoms with E-state index in [-0.39, 0.29) is 76.0 Å². The molecule has 1 fully saturated rings. The summed E-state index contributed by atoms with van der Waals surface area (Å²) in [6.45, 7) is 2.86. The van der Waals surface area contributed by atoms with E-state index in [1.807, 2.05) is 53.4 Å². The van der Waals surface area contributed by atoms with Crippen molar-refractivity contribution in [1.82, 2.24) is 10.2 Å². The van der Waals surface area contributed by atoms with Gasteiger partial charge in [0.05, 0.1) is 0 Å².